The van der Waals surface area contributed by atoms with E-state index in [4.69, 9.17) is 4.55 Å². The number of amides is 1. The average molecular weight is 233 g/mol. The van der Waals surface area contributed by atoms with Crippen LogP contribution < -0.4 is 5.32 Å². The van der Waals surface area contributed by atoms with Crippen molar-refractivity contribution in [3.8, 4) is 0 Å². The van der Waals surface area contributed by atoms with Gasteiger partial charge in [-0.15, -0.1) is 6.58 Å². The van der Waals surface area contributed by atoms with Crippen LogP contribution in [0.5, 0.6) is 0 Å². The molecule has 0 fully saturated rings. The van der Waals surface area contributed by atoms with E-state index in [0.29, 0.717) is 5.70 Å². The van der Waals surface area contributed by atoms with Crippen LogP contribution >= 0.6 is 0 Å². The highest BCUT2D eigenvalue weighted by Gasteiger charge is 1.95. The Kier molecular flexibility index (Phi) is 8.51. The minimum Gasteiger partial charge on any atom is -0.327 e. The predicted octanol–water partition coefficient (Wildman–Crippen LogP) is 0.882. The first kappa shape index (κ1) is 16.0. The molecular weight excluding hydrogens is 218 g/mol. The second-order valence-electron chi connectivity index (χ2n) is 2.51. The second kappa shape index (κ2) is 7.95. The molecule has 0 radical (unpaired) electrons. The summed E-state index contributed by atoms with van der Waals surface area (Å²) < 4.78 is 27.3. The third kappa shape index (κ3) is 19.1. The Morgan fingerprint density at radius 3 is 2.00 bits per heavy atom. The average Bonchev–Trinajstić information content (AvgIpc) is 2.01. The van der Waals surface area contributed by atoms with Crippen LogP contribution in [-0.2, 0) is 14.9 Å². The van der Waals surface area contributed by atoms with Crippen molar-refractivity contribution in [2.45, 2.75) is 6.92 Å². The van der Waals surface area contributed by atoms with Gasteiger partial charge in [0.05, 0.1) is 5.75 Å². The minimum absolute atomic E-state index is 0.211. The fourth-order valence-electron chi connectivity index (χ4n) is 0.410. The maximum Gasteiger partial charge on any atom is 0.268 e. The Morgan fingerprint density at radius 1 is 1.47 bits per heavy atom. The van der Waals surface area contributed by atoms with Crippen molar-refractivity contribution in [2.24, 2.45) is 0 Å². The van der Waals surface area contributed by atoms with Gasteiger partial charge in [0.2, 0.25) is 5.91 Å². The van der Waals surface area contributed by atoms with E-state index in [0.717, 1.165) is 6.08 Å². The van der Waals surface area contributed by atoms with E-state index in [9.17, 15) is 13.2 Å². The minimum atomic E-state index is -3.79. The molecule has 0 unspecified atom stereocenters. The van der Waals surface area contributed by atoms with Crippen LogP contribution in [0.3, 0.4) is 0 Å². The number of hydrogen-bond acceptors (Lipinski definition) is 3. The quantitative estimate of drug-likeness (QED) is 0.429. The van der Waals surface area contributed by atoms with E-state index < -0.39 is 10.1 Å². The summed E-state index contributed by atoms with van der Waals surface area (Å²) in [5.41, 5.74) is 0.634. The molecule has 0 aromatic heterocycles. The van der Waals surface area contributed by atoms with Crippen LogP contribution in [0.25, 0.3) is 0 Å². The SMILES string of the molecule is C=CC(=O)NC(=C)C.C=CCS(=O)(=O)O. The van der Waals surface area contributed by atoms with Crippen molar-refractivity contribution in [3.05, 3.63) is 37.6 Å². The molecule has 86 valence electrons. The molecule has 0 aliphatic heterocycles. The Bertz CT molecular complexity index is 343. The highest BCUT2D eigenvalue weighted by atomic mass is 32.2. The molecule has 2 N–H and O–H groups in total. The maximum atomic E-state index is 10.3. The van der Waals surface area contributed by atoms with Gasteiger partial charge in [0, 0.05) is 5.70 Å². The van der Waals surface area contributed by atoms with Gasteiger partial charge in [-0.1, -0.05) is 19.2 Å². The van der Waals surface area contributed by atoms with E-state index in [2.05, 4.69) is 25.1 Å². The summed E-state index contributed by atoms with van der Waals surface area (Å²) in [6, 6.07) is 0. The lowest BCUT2D eigenvalue weighted by atomic mass is 10.5. The summed E-state index contributed by atoms with van der Waals surface area (Å²) in [6.45, 7) is 11.5. The first-order valence-electron chi connectivity index (χ1n) is 3.88. The van der Waals surface area contributed by atoms with Crippen molar-refractivity contribution in [1.29, 1.82) is 0 Å². The molecule has 0 aromatic rings. The van der Waals surface area contributed by atoms with Crippen LogP contribution in [0.1, 0.15) is 6.92 Å². The largest absolute Gasteiger partial charge is 0.327 e. The van der Waals surface area contributed by atoms with Crippen LogP contribution in [0.15, 0.2) is 37.6 Å². The van der Waals surface area contributed by atoms with Crippen LogP contribution in [-0.4, -0.2) is 24.6 Å². The number of carbonyl (C=O) groups excluding carboxylic acids is 1. The summed E-state index contributed by atoms with van der Waals surface area (Å²) in [7, 11) is -3.79. The molecule has 6 heteroatoms. The monoisotopic (exact) mass is 233 g/mol. The number of hydrogen-bond donors (Lipinski definition) is 2. The van der Waals surface area contributed by atoms with E-state index >= 15 is 0 Å². The van der Waals surface area contributed by atoms with Gasteiger partial charge in [0.15, 0.2) is 0 Å². The molecule has 0 atom stereocenters. The van der Waals surface area contributed by atoms with Crippen molar-refractivity contribution in [2.75, 3.05) is 5.75 Å². The van der Waals surface area contributed by atoms with E-state index in [1.165, 1.54) is 6.08 Å². The molecule has 0 spiro atoms. The molecule has 15 heavy (non-hydrogen) atoms. The fraction of sp³-hybridized carbons (Fsp3) is 0.222. The number of nitrogens with one attached hydrogen (secondary N) is 1. The van der Waals surface area contributed by atoms with Crippen molar-refractivity contribution in [3.63, 3.8) is 0 Å². The zero-order valence-electron chi connectivity index (χ0n) is 8.56. The highest BCUT2D eigenvalue weighted by Crippen LogP contribution is 1.78. The molecule has 0 heterocycles. The zero-order valence-corrected chi connectivity index (χ0v) is 9.38. The molecule has 0 saturated carbocycles. The molecule has 5 nitrogen and oxygen atoms in total. The van der Waals surface area contributed by atoms with Crippen molar-refractivity contribution in [1.82, 2.24) is 5.32 Å². The molecule has 0 aromatic carbocycles. The molecule has 0 aliphatic carbocycles. The van der Waals surface area contributed by atoms with E-state index in [1.54, 1.807) is 6.92 Å². The van der Waals surface area contributed by atoms with Gasteiger partial charge in [-0.3, -0.25) is 9.35 Å². The van der Waals surface area contributed by atoms with Gasteiger partial charge in [-0.25, -0.2) is 0 Å². The molecule has 0 bridgehead atoms. The second-order valence-corrected chi connectivity index (χ2v) is 4.01. The lowest BCUT2D eigenvalue weighted by Gasteiger charge is -1.95. The summed E-state index contributed by atoms with van der Waals surface area (Å²) in [4.78, 5) is 10.3. The Labute approximate surface area is 89.9 Å². The number of allylic oxidation sites excluding steroid dienone is 1. The Hall–Kier alpha value is -1.40. The molecule has 0 aliphatic rings. The Balaban J connectivity index is 0. The highest BCUT2D eigenvalue weighted by molar-refractivity contribution is 7.85. The number of rotatable bonds is 4. The lowest BCUT2D eigenvalue weighted by Crippen LogP contribution is -2.17. The van der Waals surface area contributed by atoms with Gasteiger partial charge in [-0.05, 0) is 13.0 Å². The standard InChI is InChI=1S/C6H9NO.C3H6O3S/c1-4-6(8)7-5(2)3;1-2-3-7(4,5)6/h4H,1-2H2,3H3,(H,7,8);2H,1,3H2,(H,4,5,6). The fourth-order valence-corrected chi connectivity index (χ4v) is 0.708. The molecule has 0 saturated heterocycles. The van der Waals surface area contributed by atoms with Crippen molar-refractivity contribution < 1.29 is 17.8 Å². The van der Waals surface area contributed by atoms with Crippen molar-refractivity contribution >= 4 is 16.0 Å². The first-order chi connectivity index (χ1) is 6.72. The third-order valence-corrected chi connectivity index (χ3v) is 1.51. The van der Waals surface area contributed by atoms with Gasteiger partial charge >= 0.3 is 0 Å². The molecular formula is C9H15NO4S. The maximum absolute atomic E-state index is 10.3. The first-order valence-corrected chi connectivity index (χ1v) is 5.48. The summed E-state index contributed by atoms with van der Waals surface area (Å²) in [5.74, 6) is -0.579. The van der Waals surface area contributed by atoms with Crippen LogP contribution in [0.2, 0.25) is 0 Å². The summed E-state index contributed by atoms with van der Waals surface area (Å²) in [6.07, 6.45) is 2.32. The Morgan fingerprint density at radius 2 is 1.93 bits per heavy atom. The zero-order chi connectivity index (χ0) is 12.5. The summed E-state index contributed by atoms with van der Waals surface area (Å²) in [5, 5.41) is 2.44. The van der Waals surface area contributed by atoms with Gasteiger partial charge < -0.3 is 5.32 Å². The van der Waals surface area contributed by atoms with Crippen LogP contribution in [0, 0.1) is 0 Å². The molecule has 0 rings (SSSR count). The smallest absolute Gasteiger partial charge is 0.268 e. The van der Waals surface area contributed by atoms with Crippen LogP contribution in [0.4, 0.5) is 0 Å². The number of carbonyl (C=O) groups is 1. The predicted molar refractivity (Wildman–Crippen MR) is 59.8 cm³/mol. The topological polar surface area (TPSA) is 83.5 Å². The molecule has 1 amide bonds. The van der Waals surface area contributed by atoms with Gasteiger partial charge in [0.1, 0.15) is 0 Å². The van der Waals surface area contributed by atoms with E-state index in [1.807, 2.05) is 0 Å². The third-order valence-electron chi connectivity index (χ3n) is 0.850. The van der Waals surface area contributed by atoms with E-state index in [-0.39, 0.29) is 11.7 Å². The normalized spacial score (nSPS) is 9.20. The summed E-state index contributed by atoms with van der Waals surface area (Å²) >= 11 is 0. The lowest BCUT2D eigenvalue weighted by molar-refractivity contribution is -0.115. The van der Waals surface area contributed by atoms with Gasteiger partial charge in [-0.2, -0.15) is 8.42 Å². The van der Waals surface area contributed by atoms with Gasteiger partial charge in [0.25, 0.3) is 10.1 Å².